The fourth-order valence-corrected chi connectivity index (χ4v) is 2.84. The fraction of sp³-hybridized carbons (Fsp3) is 0.143. The number of hydrogen-bond donors (Lipinski definition) is 2. The molecule has 1 amide bonds. The van der Waals surface area contributed by atoms with Gasteiger partial charge in [-0.25, -0.2) is 4.98 Å². The van der Waals surface area contributed by atoms with E-state index >= 15 is 0 Å². The first-order valence-corrected chi connectivity index (χ1v) is 8.82. The smallest absolute Gasteiger partial charge is 0.257 e. The number of carbonyl (C=O) groups excluding carboxylic acids is 1. The molecule has 0 spiro atoms. The Hall–Kier alpha value is -3.94. The Balaban J connectivity index is 1.43. The molecule has 2 heterocycles. The average Bonchev–Trinajstić information content (AvgIpc) is 3.22. The quantitative estimate of drug-likeness (QED) is 0.658. The number of rotatable bonds is 6. The van der Waals surface area contributed by atoms with E-state index in [-0.39, 0.29) is 12.7 Å². The summed E-state index contributed by atoms with van der Waals surface area (Å²) in [5.41, 5.74) is 1.83. The molecule has 1 aliphatic rings. The average molecular weight is 393 g/mol. The normalized spacial score (nSPS) is 11.7. The van der Waals surface area contributed by atoms with Gasteiger partial charge in [0.1, 0.15) is 5.82 Å². The molecule has 1 aromatic heterocycles. The first kappa shape index (κ1) is 18.4. The summed E-state index contributed by atoms with van der Waals surface area (Å²) in [7, 11) is 3.10. The topological polar surface area (TPSA) is 90.9 Å². The van der Waals surface area contributed by atoms with Gasteiger partial charge in [0.05, 0.1) is 19.8 Å². The van der Waals surface area contributed by atoms with Crippen LogP contribution < -0.4 is 29.6 Å². The molecule has 8 nitrogen and oxygen atoms in total. The highest BCUT2D eigenvalue weighted by atomic mass is 16.7. The van der Waals surface area contributed by atoms with Crippen LogP contribution in [0.25, 0.3) is 0 Å². The predicted molar refractivity (Wildman–Crippen MR) is 108 cm³/mol. The van der Waals surface area contributed by atoms with E-state index in [9.17, 15) is 4.79 Å². The van der Waals surface area contributed by atoms with Crippen molar-refractivity contribution in [2.24, 2.45) is 0 Å². The minimum atomic E-state index is -0.278. The summed E-state index contributed by atoms with van der Waals surface area (Å²) in [6, 6.07) is 14.1. The molecule has 0 fully saturated rings. The van der Waals surface area contributed by atoms with Crippen molar-refractivity contribution in [3.8, 4) is 23.0 Å². The molecule has 148 valence electrons. The molecule has 0 atom stereocenters. The number of nitrogens with one attached hydrogen (secondary N) is 2. The van der Waals surface area contributed by atoms with Crippen molar-refractivity contribution in [2.75, 3.05) is 31.6 Å². The van der Waals surface area contributed by atoms with E-state index in [0.717, 1.165) is 5.69 Å². The first-order valence-electron chi connectivity index (χ1n) is 8.82. The van der Waals surface area contributed by atoms with Gasteiger partial charge in [-0.2, -0.15) is 0 Å². The Kier molecular flexibility index (Phi) is 5.07. The lowest BCUT2D eigenvalue weighted by Gasteiger charge is -2.11. The third-order valence-corrected chi connectivity index (χ3v) is 4.31. The molecule has 3 aromatic rings. The Morgan fingerprint density at radius 3 is 2.48 bits per heavy atom. The van der Waals surface area contributed by atoms with Gasteiger partial charge >= 0.3 is 0 Å². The molecule has 0 aliphatic carbocycles. The van der Waals surface area contributed by atoms with Crippen LogP contribution in [0.3, 0.4) is 0 Å². The number of carbonyl (C=O) groups is 1. The van der Waals surface area contributed by atoms with Crippen molar-refractivity contribution < 1.29 is 23.7 Å². The van der Waals surface area contributed by atoms with E-state index in [0.29, 0.717) is 40.1 Å². The zero-order valence-corrected chi connectivity index (χ0v) is 15.9. The van der Waals surface area contributed by atoms with Crippen LogP contribution in [-0.4, -0.2) is 31.9 Å². The lowest BCUT2D eigenvalue weighted by atomic mass is 10.2. The zero-order chi connectivity index (χ0) is 20.2. The number of amides is 1. The van der Waals surface area contributed by atoms with Gasteiger partial charge in [0.15, 0.2) is 23.0 Å². The molecule has 0 bridgehead atoms. The van der Waals surface area contributed by atoms with Gasteiger partial charge < -0.3 is 29.6 Å². The molecule has 0 saturated heterocycles. The van der Waals surface area contributed by atoms with E-state index in [2.05, 4.69) is 15.6 Å². The number of nitrogens with zero attached hydrogens (tertiary/aromatic N) is 1. The Bertz CT molecular complexity index is 1040. The van der Waals surface area contributed by atoms with Crippen LogP contribution in [-0.2, 0) is 0 Å². The van der Waals surface area contributed by atoms with Crippen LogP contribution >= 0.6 is 0 Å². The number of pyridine rings is 1. The summed E-state index contributed by atoms with van der Waals surface area (Å²) in [5.74, 6) is 2.84. The fourth-order valence-electron chi connectivity index (χ4n) is 2.84. The highest BCUT2D eigenvalue weighted by Gasteiger charge is 2.14. The number of anilines is 3. The molecule has 1 aliphatic heterocycles. The number of ether oxygens (including phenoxy) is 4. The zero-order valence-electron chi connectivity index (χ0n) is 15.9. The van der Waals surface area contributed by atoms with Crippen LogP contribution in [0.15, 0.2) is 54.7 Å². The van der Waals surface area contributed by atoms with Crippen molar-refractivity contribution in [3.05, 3.63) is 60.3 Å². The Morgan fingerprint density at radius 2 is 1.72 bits per heavy atom. The Morgan fingerprint density at radius 1 is 0.931 bits per heavy atom. The summed E-state index contributed by atoms with van der Waals surface area (Å²) in [6.45, 7) is 0.223. The first-order chi connectivity index (χ1) is 14.2. The number of methoxy groups -OCH3 is 2. The van der Waals surface area contributed by atoms with Crippen molar-refractivity contribution in [1.29, 1.82) is 0 Å². The van der Waals surface area contributed by atoms with Gasteiger partial charge in [0, 0.05) is 29.7 Å². The lowest BCUT2D eigenvalue weighted by molar-refractivity contribution is 0.102. The minimum Gasteiger partial charge on any atom is -0.493 e. The summed E-state index contributed by atoms with van der Waals surface area (Å²) in [5, 5.41) is 5.98. The van der Waals surface area contributed by atoms with Crippen LogP contribution in [0, 0.1) is 0 Å². The molecule has 0 unspecified atom stereocenters. The summed E-state index contributed by atoms with van der Waals surface area (Å²) < 4.78 is 21.1. The van der Waals surface area contributed by atoms with E-state index in [4.69, 9.17) is 18.9 Å². The van der Waals surface area contributed by atoms with Crippen molar-refractivity contribution in [3.63, 3.8) is 0 Å². The van der Waals surface area contributed by atoms with Crippen molar-refractivity contribution in [2.45, 2.75) is 0 Å². The number of hydrogen-bond acceptors (Lipinski definition) is 7. The Labute approximate surface area is 167 Å². The van der Waals surface area contributed by atoms with Gasteiger partial charge in [0.2, 0.25) is 6.79 Å². The van der Waals surface area contributed by atoms with E-state index in [1.807, 2.05) is 18.2 Å². The maximum Gasteiger partial charge on any atom is 0.257 e. The number of fused-ring (bicyclic) bond motifs is 1. The van der Waals surface area contributed by atoms with Crippen molar-refractivity contribution in [1.82, 2.24) is 4.98 Å². The molecular weight excluding hydrogens is 374 g/mol. The second-order valence-electron chi connectivity index (χ2n) is 6.15. The van der Waals surface area contributed by atoms with Crippen LogP contribution in [0.4, 0.5) is 17.2 Å². The SMILES string of the molecule is COc1ccc(NC(=O)c2ccc(Nc3ccc4c(c3)OCO4)nc2)cc1OC. The van der Waals surface area contributed by atoms with E-state index in [1.54, 1.807) is 44.6 Å². The van der Waals surface area contributed by atoms with E-state index in [1.165, 1.54) is 6.20 Å². The van der Waals surface area contributed by atoms with Crippen LogP contribution in [0.1, 0.15) is 10.4 Å². The van der Waals surface area contributed by atoms with Crippen LogP contribution in [0.2, 0.25) is 0 Å². The minimum absolute atomic E-state index is 0.223. The molecule has 0 radical (unpaired) electrons. The van der Waals surface area contributed by atoms with Gasteiger partial charge in [-0.3, -0.25) is 4.79 Å². The largest absolute Gasteiger partial charge is 0.493 e. The maximum absolute atomic E-state index is 12.5. The molecule has 4 rings (SSSR count). The predicted octanol–water partition coefficient (Wildman–Crippen LogP) is 3.82. The third-order valence-electron chi connectivity index (χ3n) is 4.31. The second-order valence-corrected chi connectivity index (χ2v) is 6.15. The summed E-state index contributed by atoms with van der Waals surface area (Å²) >= 11 is 0. The third kappa shape index (κ3) is 4.01. The summed E-state index contributed by atoms with van der Waals surface area (Å²) in [4.78, 5) is 16.8. The van der Waals surface area contributed by atoms with Gasteiger partial charge in [-0.15, -0.1) is 0 Å². The molecule has 2 aromatic carbocycles. The van der Waals surface area contributed by atoms with Crippen molar-refractivity contribution >= 4 is 23.1 Å². The van der Waals surface area contributed by atoms with E-state index < -0.39 is 0 Å². The van der Waals surface area contributed by atoms with Gasteiger partial charge in [0.25, 0.3) is 5.91 Å². The van der Waals surface area contributed by atoms with Gasteiger partial charge in [-0.1, -0.05) is 0 Å². The molecule has 29 heavy (non-hydrogen) atoms. The highest BCUT2D eigenvalue weighted by Crippen LogP contribution is 2.35. The molecule has 8 heteroatoms. The van der Waals surface area contributed by atoms with Gasteiger partial charge in [-0.05, 0) is 36.4 Å². The standard InChI is InChI=1S/C21H19N3O5/c1-26-16-6-4-15(9-18(16)27-2)24-21(25)13-3-8-20(22-11-13)23-14-5-7-17-19(10-14)29-12-28-17/h3-11H,12H2,1-2H3,(H,22,23)(H,24,25). The van der Waals surface area contributed by atoms with Crippen LogP contribution in [0.5, 0.6) is 23.0 Å². The maximum atomic E-state index is 12.5. The summed E-state index contributed by atoms with van der Waals surface area (Å²) in [6.07, 6.45) is 1.51. The second kappa shape index (κ2) is 7.97. The molecule has 2 N–H and O–H groups in total. The monoisotopic (exact) mass is 393 g/mol. The molecular formula is C21H19N3O5. The highest BCUT2D eigenvalue weighted by molar-refractivity contribution is 6.04. The number of benzene rings is 2. The number of aromatic nitrogens is 1. The lowest BCUT2D eigenvalue weighted by Crippen LogP contribution is -2.12. The molecule has 0 saturated carbocycles.